The minimum Gasteiger partial charge on any atom is -0.350 e. The van der Waals surface area contributed by atoms with E-state index in [2.05, 4.69) is 5.32 Å². The van der Waals surface area contributed by atoms with Gasteiger partial charge in [-0.05, 0) is 40.6 Å². The molecule has 0 aliphatic rings. The van der Waals surface area contributed by atoms with Crippen LogP contribution >= 0.6 is 0 Å². The number of fused-ring (bicyclic) bond motifs is 1. The molecule has 1 amide bonds. The average molecular weight is 476 g/mol. The van der Waals surface area contributed by atoms with Gasteiger partial charge in [0.1, 0.15) is 6.54 Å². The molecule has 4 aromatic rings. The van der Waals surface area contributed by atoms with Gasteiger partial charge in [0.15, 0.2) is 0 Å². The molecule has 0 saturated heterocycles. The number of carbonyl (C=O) groups is 1. The van der Waals surface area contributed by atoms with Crippen LogP contribution in [0.25, 0.3) is 10.8 Å². The van der Waals surface area contributed by atoms with Gasteiger partial charge < -0.3 is 5.32 Å². The number of non-ortho nitro benzene ring substituents is 1. The third kappa shape index (κ3) is 5.05. The highest BCUT2D eigenvalue weighted by molar-refractivity contribution is 7.92. The van der Waals surface area contributed by atoms with E-state index in [1.807, 2.05) is 42.5 Å². The van der Waals surface area contributed by atoms with Crippen molar-refractivity contribution in [2.75, 3.05) is 10.8 Å². The lowest BCUT2D eigenvalue weighted by Crippen LogP contribution is -2.40. The second kappa shape index (κ2) is 9.72. The molecule has 0 aliphatic heterocycles. The first-order valence-electron chi connectivity index (χ1n) is 10.4. The average Bonchev–Trinajstić information content (AvgIpc) is 2.86. The van der Waals surface area contributed by atoms with Crippen LogP contribution in [0.5, 0.6) is 0 Å². The van der Waals surface area contributed by atoms with E-state index in [9.17, 15) is 23.3 Å². The van der Waals surface area contributed by atoms with Crippen LogP contribution in [0, 0.1) is 10.1 Å². The summed E-state index contributed by atoms with van der Waals surface area (Å²) in [5, 5.41) is 16.1. The fourth-order valence-corrected chi connectivity index (χ4v) is 4.97. The number of hydrogen-bond acceptors (Lipinski definition) is 5. The molecule has 0 heterocycles. The van der Waals surface area contributed by atoms with E-state index in [1.54, 1.807) is 18.2 Å². The number of nitro groups is 1. The number of nitro benzene ring substituents is 1. The third-order valence-electron chi connectivity index (χ3n) is 5.25. The second-order valence-electron chi connectivity index (χ2n) is 7.56. The largest absolute Gasteiger partial charge is 0.350 e. The van der Waals surface area contributed by atoms with Crippen molar-refractivity contribution >= 4 is 38.1 Å². The Bertz CT molecular complexity index is 1460. The molecule has 8 nitrogen and oxygen atoms in total. The summed E-state index contributed by atoms with van der Waals surface area (Å²) in [4.78, 5) is 23.4. The first-order valence-corrected chi connectivity index (χ1v) is 11.9. The summed E-state index contributed by atoms with van der Waals surface area (Å²) in [7, 11) is -4.15. The lowest BCUT2D eigenvalue weighted by molar-refractivity contribution is -0.384. The highest BCUT2D eigenvalue weighted by atomic mass is 32.2. The van der Waals surface area contributed by atoms with E-state index in [1.165, 1.54) is 30.3 Å². The van der Waals surface area contributed by atoms with Crippen LogP contribution < -0.4 is 9.62 Å². The molecular weight excluding hydrogens is 454 g/mol. The summed E-state index contributed by atoms with van der Waals surface area (Å²) in [6.07, 6.45) is 0. The van der Waals surface area contributed by atoms with Crippen molar-refractivity contribution in [1.29, 1.82) is 0 Å². The molecule has 0 unspecified atom stereocenters. The predicted molar refractivity (Wildman–Crippen MR) is 130 cm³/mol. The normalized spacial score (nSPS) is 11.2. The molecule has 0 aliphatic carbocycles. The van der Waals surface area contributed by atoms with Crippen molar-refractivity contribution in [2.45, 2.75) is 11.4 Å². The van der Waals surface area contributed by atoms with Crippen LogP contribution in [0.4, 0.5) is 11.4 Å². The number of carbonyl (C=O) groups excluding carboxylic acids is 1. The van der Waals surface area contributed by atoms with Crippen LogP contribution in [-0.2, 0) is 21.4 Å². The van der Waals surface area contributed by atoms with Crippen molar-refractivity contribution in [3.63, 3.8) is 0 Å². The Balaban J connectivity index is 1.59. The Kier molecular flexibility index (Phi) is 6.55. The van der Waals surface area contributed by atoms with Gasteiger partial charge in [0.05, 0.1) is 15.5 Å². The van der Waals surface area contributed by atoms with E-state index in [0.29, 0.717) is 0 Å². The molecule has 1 N–H and O–H groups in total. The SMILES string of the molecule is O=C(CN(c1cccc([N+](=O)[O-])c1)S(=O)(=O)c1ccccc1)NCc1ccc2ccccc2c1. The molecule has 0 radical (unpaired) electrons. The van der Waals surface area contributed by atoms with Crippen molar-refractivity contribution in [1.82, 2.24) is 5.32 Å². The molecule has 0 bridgehead atoms. The van der Waals surface area contributed by atoms with Gasteiger partial charge in [0, 0.05) is 18.7 Å². The number of rotatable bonds is 8. The van der Waals surface area contributed by atoms with Gasteiger partial charge in [-0.3, -0.25) is 19.2 Å². The fourth-order valence-electron chi connectivity index (χ4n) is 3.53. The summed E-state index contributed by atoms with van der Waals surface area (Å²) in [6.45, 7) is -0.330. The first-order chi connectivity index (χ1) is 16.3. The summed E-state index contributed by atoms with van der Waals surface area (Å²) < 4.78 is 27.6. The Morgan fingerprint density at radius 2 is 1.56 bits per heavy atom. The standard InChI is InChI=1S/C25H21N3O5S/c29-25(26-17-19-13-14-20-7-4-5-8-21(20)15-19)18-27(22-9-6-10-23(16-22)28(30)31)34(32,33)24-11-2-1-3-12-24/h1-16H,17-18H2,(H,26,29). The van der Waals surface area contributed by atoms with Gasteiger partial charge in [-0.2, -0.15) is 0 Å². The van der Waals surface area contributed by atoms with E-state index in [4.69, 9.17) is 0 Å². The van der Waals surface area contributed by atoms with Crippen molar-refractivity contribution in [3.8, 4) is 0 Å². The predicted octanol–water partition coefficient (Wildman–Crippen LogP) is 4.26. The van der Waals surface area contributed by atoms with Crippen molar-refractivity contribution < 1.29 is 18.1 Å². The Labute approximate surface area is 196 Å². The second-order valence-corrected chi connectivity index (χ2v) is 9.42. The van der Waals surface area contributed by atoms with Gasteiger partial charge in [-0.15, -0.1) is 0 Å². The van der Waals surface area contributed by atoms with Gasteiger partial charge in [0.25, 0.3) is 15.7 Å². The zero-order chi connectivity index (χ0) is 24.1. The smallest absolute Gasteiger partial charge is 0.271 e. The zero-order valence-electron chi connectivity index (χ0n) is 18.0. The van der Waals surface area contributed by atoms with Gasteiger partial charge in [-0.1, -0.05) is 60.7 Å². The molecule has 9 heteroatoms. The Morgan fingerprint density at radius 3 is 2.29 bits per heavy atom. The molecule has 0 atom stereocenters. The van der Waals surface area contributed by atoms with E-state index in [0.717, 1.165) is 26.7 Å². The van der Waals surface area contributed by atoms with Crippen LogP contribution in [-0.4, -0.2) is 25.8 Å². The molecule has 0 spiro atoms. The van der Waals surface area contributed by atoms with Crippen molar-refractivity contribution in [2.24, 2.45) is 0 Å². The maximum atomic E-state index is 13.3. The monoisotopic (exact) mass is 475 g/mol. The summed E-state index contributed by atoms with van der Waals surface area (Å²) >= 11 is 0. The lowest BCUT2D eigenvalue weighted by Gasteiger charge is -2.24. The minimum absolute atomic E-state index is 0.0242. The highest BCUT2D eigenvalue weighted by Gasteiger charge is 2.28. The maximum absolute atomic E-state index is 13.3. The quantitative estimate of drug-likeness (QED) is 0.302. The Morgan fingerprint density at radius 1 is 0.853 bits per heavy atom. The molecule has 4 aromatic carbocycles. The van der Waals surface area contributed by atoms with Gasteiger partial charge in [-0.25, -0.2) is 8.42 Å². The zero-order valence-corrected chi connectivity index (χ0v) is 18.8. The summed E-state index contributed by atoms with van der Waals surface area (Å²) in [5.41, 5.74) is 0.612. The number of amides is 1. The van der Waals surface area contributed by atoms with Crippen LogP contribution in [0.1, 0.15) is 5.56 Å². The minimum atomic E-state index is -4.15. The third-order valence-corrected chi connectivity index (χ3v) is 7.04. The molecular formula is C25H21N3O5S. The molecule has 0 aromatic heterocycles. The van der Waals surface area contributed by atoms with Crippen LogP contribution in [0.2, 0.25) is 0 Å². The summed E-state index contributed by atoms with van der Waals surface area (Å²) in [5.74, 6) is -0.542. The van der Waals surface area contributed by atoms with Crippen LogP contribution in [0.3, 0.4) is 0 Å². The van der Waals surface area contributed by atoms with E-state index >= 15 is 0 Å². The van der Waals surface area contributed by atoms with E-state index in [-0.39, 0.29) is 22.8 Å². The van der Waals surface area contributed by atoms with Gasteiger partial charge >= 0.3 is 0 Å². The molecule has 0 saturated carbocycles. The summed E-state index contributed by atoms with van der Waals surface area (Å²) in [6, 6.07) is 26.5. The maximum Gasteiger partial charge on any atom is 0.271 e. The molecule has 34 heavy (non-hydrogen) atoms. The van der Waals surface area contributed by atoms with Crippen LogP contribution in [0.15, 0.2) is 102 Å². The first kappa shape index (κ1) is 22.9. The van der Waals surface area contributed by atoms with Gasteiger partial charge in [0.2, 0.25) is 5.91 Å². The van der Waals surface area contributed by atoms with Crippen molar-refractivity contribution in [3.05, 3.63) is 113 Å². The lowest BCUT2D eigenvalue weighted by atomic mass is 10.1. The number of anilines is 1. The number of benzene rings is 4. The number of nitrogens with one attached hydrogen (secondary N) is 1. The Hall–Kier alpha value is -4.24. The highest BCUT2D eigenvalue weighted by Crippen LogP contribution is 2.27. The molecule has 4 rings (SSSR count). The fraction of sp³-hybridized carbons (Fsp3) is 0.0800. The topological polar surface area (TPSA) is 110 Å². The number of sulfonamides is 1. The molecule has 172 valence electrons. The molecule has 0 fully saturated rings. The number of hydrogen-bond donors (Lipinski definition) is 1. The number of nitrogens with zero attached hydrogens (tertiary/aromatic N) is 2. The van der Waals surface area contributed by atoms with E-state index < -0.39 is 27.4 Å².